The van der Waals surface area contributed by atoms with Gasteiger partial charge in [0.25, 0.3) is 0 Å². The van der Waals surface area contributed by atoms with Crippen molar-refractivity contribution >= 4 is 100 Å². The van der Waals surface area contributed by atoms with Gasteiger partial charge in [0.2, 0.25) is 5.28 Å². The predicted molar refractivity (Wildman–Crippen MR) is 121 cm³/mol. The van der Waals surface area contributed by atoms with E-state index in [2.05, 4.69) is 49.2 Å². The molecule has 3 nitrogen and oxygen atoms in total. The van der Waals surface area contributed by atoms with Crippen LogP contribution in [0.5, 0.6) is 0 Å². The molecule has 0 radical (unpaired) electrons. The van der Waals surface area contributed by atoms with E-state index in [9.17, 15) is 0 Å². The molecule has 0 saturated carbocycles. The summed E-state index contributed by atoms with van der Waals surface area (Å²) < 4.78 is 6.13. The maximum Gasteiger partial charge on any atom is 0.223 e. The summed E-state index contributed by atoms with van der Waals surface area (Å²) in [7, 11) is 10.7. The number of fused-ring (bicyclic) bond motifs is 3. The van der Waals surface area contributed by atoms with E-state index >= 15 is 0 Å². The smallest absolute Gasteiger partial charge is 0.223 e. The van der Waals surface area contributed by atoms with Crippen molar-refractivity contribution in [1.29, 1.82) is 0 Å². The summed E-state index contributed by atoms with van der Waals surface area (Å²) in [6.07, 6.45) is 0. The molecule has 0 amide bonds. The number of halogens is 1. The van der Waals surface area contributed by atoms with Crippen molar-refractivity contribution in [1.82, 2.24) is 9.97 Å². The molecular formula is C16H14B5ClN2O. The fourth-order valence-corrected chi connectivity index (χ4v) is 3.76. The first-order valence-electron chi connectivity index (χ1n) is 8.32. The summed E-state index contributed by atoms with van der Waals surface area (Å²) >= 11 is 6.28. The average Bonchev–Trinajstić information content (AvgIpc) is 2.97. The van der Waals surface area contributed by atoms with Gasteiger partial charge in [-0.15, -0.1) is 16.4 Å². The second kappa shape index (κ2) is 5.74. The van der Waals surface area contributed by atoms with Crippen LogP contribution in [-0.4, -0.2) is 49.2 Å². The summed E-state index contributed by atoms with van der Waals surface area (Å²) in [5, 5.41) is 1.20. The minimum Gasteiger partial charge on any atom is -0.452 e. The summed E-state index contributed by atoms with van der Waals surface area (Å²) in [5.74, 6) is 0. The first kappa shape index (κ1) is 16.4. The summed E-state index contributed by atoms with van der Waals surface area (Å²) in [4.78, 5) is 8.99. The molecule has 0 bridgehead atoms. The second-order valence-corrected chi connectivity index (χ2v) is 6.96. The molecule has 4 rings (SSSR count). The Bertz CT molecular complexity index is 1150. The third-order valence-corrected chi connectivity index (χ3v) is 5.60. The van der Waals surface area contributed by atoms with E-state index in [0.717, 1.165) is 27.7 Å². The van der Waals surface area contributed by atoms with E-state index in [0.29, 0.717) is 5.58 Å². The van der Waals surface area contributed by atoms with E-state index in [1.54, 1.807) is 0 Å². The molecule has 0 aliphatic rings. The SMILES string of the molecule is Bc1c(B)c(B)c(-c2nc(Cl)nc3c2oc2ccccc23)c(B)c1B. The van der Waals surface area contributed by atoms with Crippen molar-refractivity contribution in [2.75, 3.05) is 0 Å². The maximum atomic E-state index is 6.28. The molecule has 4 aromatic rings. The van der Waals surface area contributed by atoms with Crippen LogP contribution in [0, 0.1) is 0 Å². The van der Waals surface area contributed by atoms with Crippen molar-refractivity contribution in [2.24, 2.45) is 0 Å². The standard InChI is InChI=1S/C16H14B5ClN2O/c17-8-7(9(18)11(20)12(21)10(8)19)14-15-13(23-16(22)24-14)5-3-1-2-4-6(5)25-15/h1-4H,17-21H2. The Balaban J connectivity index is 2.19. The lowest BCUT2D eigenvalue weighted by molar-refractivity contribution is 0.667. The van der Waals surface area contributed by atoms with E-state index in [1.165, 1.54) is 27.3 Å². The van der Waals surface area contributed by atoms with Crippen LogP contribution < -0.4 is 27.3 Å². The predicted octanol–water partition coefficient (Wildman–Crippen LogP) is -4.01. The lowest BCUT2D eigenvalue weighted by Gasteiger charge is -2.19. The number of furan rings is 1. The Labute approximate surface area is 155 Å². The van der Waals surface area contributed by atoms with Gasteiger partial charge in [-0.25, -0.2) is 9.97 Å². The van der Waals surface area contributed by atoms with Crippen LogP contribution in [0.15, 0.2) is 28.7 Å². The van der Waals surface area contributed by atoms with Gasteiger partial charge in [0.15, 0.2) is 5.58 Å². The van der Waals surface area contributed by atoms with Crippen molar-refractivity contribution in [2.45, 2.75) is 0 Å². The Morgan fingerprint density at radius 2 is 1.40 bits per heavy atom. The number of benzene rings is 2. The Morgan fingerprint density at radius 3 is 2.08 bits per heavy atom. The second-order valence-electron chi connectivity index (χ2n) is 6.62. The van der Waals surface area contributed by atoms with Gasteiger partial charge in [-0.2, -0.15) is 0 Å². The van der Waals surface area contributed by atoms with Crippen molar-refractivity contribution < 1.29 is 4.42 Å². The van der Waals surface area contributed by atoms with E-state index in [-0.39, 0.29) is 5.28 Å². The van der Waals surface area contributed by atoms with Gasteiger partial charge < -0.3 is 4.42 Å². The normalized spacial score (nSPS) is 11.4. The molecule has 0 saturated heterocycles. The lowest BCUT2D eigenvalue weighted by atomic mass is 9.60. The third kappa shape index (κ3) is 2.35. The Kier molecular flexibility index (Phi) is 3.76. The summed E-state index contributed by atoms with van der Waals surface area (Å²) in [6.45, 7) is 0. The van der Waals surface area contributed by atoms with Crippen LogP contribution in [0.4, 0.5) is 0 Å². The van der Waals surface area contributed by atoms with Crippen molar-refractivity contribution in [3.05, 3.63) is 29.5 Å². The van der Waals surface area contributed by atoms with Gasteiger partial charge in [0.1, 0.15) is 56.0 Å². The molecule has 0 spiro atoms. The Hall–Kier alpha value is -2.07. The first-order valence-corrected chi connectivity index (χ1v) is 8.70. The molecule has 0 atom stereocenters. The van der Waals surface area contributed by atoms with Crippen LogP contribution >= 0.6 is 11.6 Å². The fraction of sp³-hybridized carbons (Fsp3) is 0. The number of para-hydroxylation sites is 1. The van der Waals surface area contributed by atoms with Crippen LogP contribution in [0.2, 0.25) is 5.28 Å². The van der Waals surface area contributed by atoms with Gasteiger partial charge in [0.05, 0.1) is 0 Å². The maximum absolute atomic E-state index is 6.28. The Morgan fingerprint density at radius 1 is 0.800 bits per heavy atom. The molecule has 0 aliphatic heterocycles. The van der Waals surface area contributed by atoms with E-state index in [1.807, 2.05) is 24.3 Å². The first-order chi connectivity index (χ1) is 11.9. The van der Waals surface area contributed by atoms with Gasteiger partial charge in [-0.3, -0.25) is 0 Å². The quantitative estimate of drug-likeness (QED) is 0.262. The molecule has 25 heavy (non-hydrogen) atoms. The number of hydrogen-bond donors (Lipinski definition) is 0. The van der Waals surface area contributed by atoms with Gasteiger partial charge in [-0.05, 0) is 29.3 Å². The largest absolute Gasteiger partial charge is 0.452 e. The lowest BCUT2D eigenvalue weighted by Crippen LogP contribution is -2.55. The molecule has 116 valence electrons. The van der Waals surface area contributed by atoms with Gasteiger partial charge in [0, 0.05) is 5.39 Å². The van der Waals surface area contributed by atoms with Crippen molar-refractivity contribution in [3.63, 3.8) is 0 Å². The van der Waals surface area contributed by atoms with E-state index in [4.69, 9.17) is 16.0 Å². The van der Waals surface area contributed by atoms with Crippen molar-refractivity contribution in [3.8, 4) is 11.3 Å². The highest BCUT2D eigenvalue weighted by Gasteiger charge is 2.21. The minimum atomic E-state index is 0.240. The zero-order chi connectivity index (χ0) is 17.9. The molecule has 2 heterocycles. The van der Waals surface area contributed by atoms with Crippen LogP contribution in [0.25, 0.3) is 33.3 Å². The highest BCUT2D eigenvalue weighted by atomic mass is 35.5. The number of hydrogen-bond acceptors (Lipinski definition) is 3. The monoisotopic (exact) mass is 340 g/mol. The number of rotatable bonds is 1. The molecule has 0 unspecified atom stereocenters. The van der Waals surface area contributed by atoms with Crippen LogP contribution in [0.1, 0.15) is 0 Å². The molecule has 0 fully saturated rings. The molecule has 2 aromatic heterocycles. The highest BCUT2D eigenvalue weighted by molar-refractivity contribution is 6.68. The summed E-state index contributed by atoms with van der Waals surface area (Å²) in [6, 6.07) is 7.87. The molecule has 9 heteroatoms. The highest BCUT2D eigenvalue weighted by Crippen LogP contribution is 2.32. The molecule has 2 aromatic carbocycles. The van der Waals surface area contributed by atoms with Crippen LogP contribution in [-0.2, 0) is 0 Å². The number of aromatic nitrogens is 2. The van der Waals surface area contributed by atoms with Gasteiger partial charge in [-0.1, -0.05) is 23.1 Å². The molecule has 0 N–H and O–H groups in total. The van der Waals surface area contributed by atoms with Gasteiger partial charge >= 0.3 is 0 Å². The van der Waals surface area contributed by atoms with E-state index < -0.39 is 0 Å². The minimum absolute atomic E-state index is 0.240. The topological polar surface area (TPSA) is 38.9 Å². The zero-order valence-corrected chi connectivity index (χ0v) is 15.7. The number of nitrogens with zero attached hydrogens (tertiary/aromatic N) is 2. The molecule has 0 aliphatic carbocycles. The molecular weight excluding hydrogens is 326 g/mol. The average molecular weight is 340 g/mol. The summed E-state index contributed by atoms with van der Waals surface area (Å²) in [5.41, 5.74) is 10.4. The third-order valence-electron chi connectivity index (χ3n) is 5.43. The fourth-order valence-electron chi connectivity index (χ4n) is 3.59. The van der Waals surface area contributed by atoms with Crippen LogP contribution in [0.3, 0.4) is 0 Å². The zero-order valence-electron chi connectivity index (χ0n) is 15.0.